The topological polar surface area (TPSA) is 102 Å². The summed E-state index contributed by atoms with van der Waals surface area (Å²) in [6.07, 6.45) is 0.891. The standard InChI is InChI=1S/C12H16N2O4/c13-11(12(16)17)7-9-1-3-10(4-2-9)18-6-5-14-8-15/h1-4,8,11H,5-7,13H2,(H,14,15)(H,16,17). The molecule has 0 aliphatic heterocycles. The average Bonchev–Trinajstić information content (AvgIpc) is 2.36. The number of carbonyl (C=O) groups is 2. The molecule has 0 saturated carbocycles. The zero-order valence-electron chi connectivity index (χ0n) is 9.83. The fourth-order valence-electron chi connectivity index (χ4n) is 1.35. The normalized spacial score (nSPS) is 11.6. The molecule has 0 radical (unpaired) electrons. The van der Waals surface area contributed by atoms with Gasteiger partial charge < -0.3 is 20.9 Å². The smallest absolute Gasteiger partial charge is 0.320 e. The number of hydrogen-bond donors (Lipinski definition) is 3. The summed E-state index contributed by atoms with van der Waals surface area (Å²) in [7, 11) is 0. The van der Waals surface area contributed by atoms with Crippen LogP contribution < -0.4 is 15.8 Å². The number of nitrogens with two attached hydrogens (primary N) is 1. The average molecular weight is 252 g/mol. The number of carbonyl (C=O) groups excluding carboxylic acids is 1. The van der Waals surface area contributed by atoms with Crippen LogP contribution in [-0.4, -0.2) is 36.7 Å². The number of hydrogen-bond acceptors (Lipinski definition) is 4. The van der Waals surface area contributed by atoms with Crippen molar-refractivity contribution in [3.05, 3.63) is 29.8 Å². The number of nitrogens with one attached hydrogen (secondary N) is 1. The van der Waals surface area contributed by atoms with Gasteiger partial charge in [-0.05, 0) is 24.1 Å². The van der Waals surface area contributed by atoms with Crippen molar-refractivity contribution < 1.29 is 19.4 Å². The number of rotatable bonds is 8. The van der Waals surface area contributed by atoms with Gasteiger partial charge in [0.05, 0.1) is 6.54 Å². The van der Waals surface area contributed by atoms with Crippen molar-refractivity contribution in [3.63, 3.8) is 0 Å². The SMILES string of the molecule is NC(Cc1ccc(OCCNC=O)cc1)C(=O)O. The highest BCUT2D eigenvalue weighted by Gasteiger charge is 2.11. The third-order valence-corrected chi connectivity index (χ3v) is 2.29. The Hall–Kier alpha value is -2.08. The lowest BCUT2D eigenvalue weighted by Gasteiger charge is -2.08. The zero-order valence-corrected chi connectivity index (χ0v) is 9.83. The molecule has 0 bridgehead atoms. The van der Waals surface area contributed by atoms with Crippen molar-refractivity contribution in [2.45, 2.75) is 12.5 Å². The molecule has 6 heteroatoms. The highest BCUT2D eigenvalue weighted by Crippen LogP contribution is 2.13. The number of aliphatic carboxylic acids is 1. The highest BCUT2D eigenvalue weighted by molar-refractivity contribution is 5.73. The van der Waals surface area contributed by atoms with Crippen LogP contribution in [0.25, 0.3) is 0 Å². The second-order valence-corrected chi connectivity index (χ2v) is 3.71. The Bertz CT molecular complexity index is 392. The Kier molecular flexibility index (Phi) is 5.66. The maximum atomic E-state index is 10.6. The van der Waals surface area contributed by atoms with Gasteiger partial charge in [-0.15, -0.1) is 0 Å². The molecule has 0 aliphatic rings. The summed E-state index contributed by atoms with van der Waals surface area (Å²) >= 11 is 0. The van der Waals surface area contributed by atoms with E-state index in [0.717, 1.165) is 5.56 Å². The monoisotopic (exact) mass is 252 g/mol. The second-order valence-electron chi connectivity index (χ2n) is 3.71. The highest BCUT2D eigenvalue weighted by atomic mass is 16.5. The number of benzene rings is 1. The molecule has 0 heterocycles. The van der Waals surface area contributed by atoms with Crippen LogP contribution in [0.4, 0.5) is 0 Å². The van der Waals surface area contributed by atoms with Gasteiger partial charge in [0.1, 0.15) is 18.4 Å². The number of amides is 1. The molecule has 1 unspecified atom stereocenters. The minimum Gasteiger partial charge on any atom is -0.492 e. The van der Waals surface area contributed by atoms with E-state index in [2.05, 4.69) is 5.32 Å². The summed E-state index contributed by atoms with van der Waals surface area (Å²) in [6.45, 7) is 0.821. The Morgan fingerprint density at radius 2 is 2.11 bits per heavy atom. The molecule has 1 aromatic rings. The molecule has 1 atom stereocenters. The van der Waals surface area contributed by atoms with Crippen LogP contribution in [0.3, 0.4) is 0 Å². The summed E-state index contributed by atoms with van der Waals surface area (Å²) in [5, 5.41) is 11.2. The molecule has 6 nitrogen and oxygen atoms in total. The lowest BCUT2D eigenvalue weighted by atomic mass is 10.1. The number of carboxylic acids is 1. The van der Waals surface area contributed by atoms with Crippen LogP contribution in [0.1, 0.15) is 5.56 Å². The lowest BCUT2D eigenvalue weighted by molar-refractivity contribution is -0.138. The third-order valence-electron chi connectivity index (χ3n) is 2.29. The van der Waals surface area contributed by atoms with E-state index in [1.54, 1.807) is 24.3 Å². The molecular weight excluding hydrogens is 236 g/mol. The summed E-state index contributed by atoms with van der Waals surface area (Å²) in [6, 6.07) is 6.13. The van der Waals surface area contributed by atoms with Crippen molar-refractivity contribution in [1.82, 2.24) is 5.32 Å². The molecule has 1 rings (SSSR count). The Morgan fingerprint density at radius 1 is 1.44 bits per heavy atom. The number of ether oxygens (including phenoxy) is 1. The molecule has 1 amide bonds. The van der Waals surface area contributed by atoms with Crippen LogP contribution in [0.5, 0.6) is 5.75 Å². The summed E-state index contributed by atoms with van der Waals surface area (Å²) < 4.78 is 5.35. The molecule has 0 aliphatic carbocycles. The third kappa shape index (κ3) is 4.84. The maximum absolute atomic E-state index is 10.6. The fraction of sp³-hybridized carbons (Fsp3) is 0.333. The minimum atomic E-state index is -1.02. The quantitative estimate of drug-likeness (QED) is 0.438. The molecule has 0 saturated heterocycles. The molecule has 0 fully saturated rings. The zero-order chi connectivity index (χ0) is 13.4. The van der Waals surface area contributed by atoms with Gasteiger partial charge in [-0.25, -0.2) is 0 Å². The van der Waals surface area contributed by atoms with Gasteiger partial charge in [0, 0.05) is 0 Å². The van der Waals surface area contributed by atoms with Gasteiger partial charge in [0.25, 0.3) is 0 Å². The lowest BCUT2D eigenvalue weighted by Crippen LogP contribution is -2.32. The van der Waals surface area contributed by atoms with E-state index in [9.17, 15) is 9.59 Å². The number of carboxylic acid groups (broad SMARTS) is 1. The Labute approximate surface area is 105 Å². The van der Waals surface area contributed by atoms with E-state index in [1.807, 2.05) is 0 Å². The van der Waals surface area contributed by atoms with Gasteiger partial charge in [-0.1, -0.05) is 12.1 Å². The fourth-order valence-corrected chi connectivity index (χ4v) is 1.35. The summed E-state index contributed by atoms with van der Waals surface area (Å²) in [5.74, 6) is -0.356. The predicted molar refractivity (Wildman–Crippen MR) is 65.3 cm³/mol. The molecule has 4 N–H and O–H groups in total. The van der Waals surface area contributed by atoms with E-state index in [4.69, 9.17) is 15.6 Å². The first kappa shape index (κ1) is 14.0. The first-order chi connectivity index (χ1) is 8.63. The van der Waals surface area contributed by atoms with Gasteiger partial charge >= 0.3 is 5.97 Å². The Morgan fingerprint density at radius 3 is 2.67 bits per heavy atom. The second kappa shape index (κ2) is 7.29. The van der Waals surface area contributed by atoms with E-state index in [0.29, 0.717) is 25.3 Å². The summed E-state index contributed by atoms with van der Waals surface area (Å²) in [5.41, 5.74) is 6.26. The Balaban J connectivity index is 2.42. The van der Waals surface area contributed by atoms with E-state index in [1.165, 1.54) is 0 Å². The van der Waals surface area contributed by atoms with E-state index in [-0.39, 0.29) is 6.42 Å². The van der Waals surface area contributed by atoms with E-state index >= 15 is 0 Å². The first-order valence-electron chi connectivity index (χ1n) is 5.50. The van der Waals surface area contributed by atoms with Crippen molar-refractivity contribution in [3.8, 4) is 5.75 Å². The van der Waals surface area contributed by atoms with Crippen LogP contribution in [0.15, 0.2) is 24.3 Å². The first-order valence-corrected chi connectivity index (χ1v) is 5.50. The molecule has 98 valence electrons. The van der Waals surface area contributed by atoms with Crippen LogP contribution in [0.2, 0.25) is 0 Å². The van der Waals surface area contributed by atoms with Gasteiger partial charge in [0.15, 0.2) is 0 Å². The van der Waals surface area contributed by atoms with Gasteiger partial charge in [0.2, 0.25) is 6.41 Å². The van der Waals surface area contributed by atoms with Crippen LogP contribution in [-0.2, 0) is 16.0 Å². The molecule has 1 aromatic carbocycles. The van der Waals surface area contributed by atoms with Crippen molar-refractivity contribution >= 4 is 12.4 Å². The molecule has 0 aromatic heterocycles. The largest absolute Gasteiger partial charge is 0.492 e. The van der Waals surface area contributed by atoms with E-state index < -0.39 is 12.0 Å². The van der Waals surface area contributed by atoms with Crippen LogP contribution >= 0.6 is 0 Å². The molecule has 0 spiro atoms. The predicted octanol–water partition coefficient (Wildman–Crippen LogP) is -0.234. The summed E-state index contributed by atoms with van der Waals surface area (Å²) in [4.78, 5) is 20.6. The van der Waals surface area contributed by atoms with Crippen molar-refractivity contribution in [2.24, 2.45) is 5.73 Å². The maximum Gasteiger partial charge on any atom is 0.320 e. The van der Waals surface area contributed by atoms with Crippen LogP contribution in [0, 0.1) is 0 Å². The van der Waals surface area contributed by atoms with Gasteiger partial charge in [-0.2, -0.15) is 0 Å². The van der Waals surface area contributed by atoms with Crippen molar-refractivity contribution in [2.75, 3.05) is 13.2 Å². The molecular formula is C12H16N2O4. The molecule has 18 heavy (non-hydrogen) atoms. The van der Waals surface area contributed by atoms with Gasteiger partial charge in [-0.3, -0.25) is 9.59 Å². The minimum absolute atomic E-state index is 0.280. The van der Waals surface area contributed by atoms with Crippen molar-refractivity contribution in [1.29, 1.82) is 0 Å².